The molecule has 1 aliphatic rings. The van der Waals surface area contributed by atoms with Gasteiger partial charge in [-0.2, -0.15) is 0 Å². The van der Waals surface area contributed by atoms with Crippen molar-refractivity contribution in [2.24, 2.45) is 11.8 Å². The van der Waals surface area contributed by atoms with Crippen molar-refractivity contribution in [1.82, 2.24) is 0 Å². The Balaban J connectivity index is 1.77. The summed E-state index contributed by atoms with van der Waals surface area (Å²) in [4.78, 5) is 37.0. The zero-order chi connectivity index (χ0) is 21.0. The lowest BCUT2D eigenvalue weighted by molar-refractivity contribution is -0.147. The van der Waals surface area contributed by atoms with Gasteiger partial charge in [0.15, 0.2) is 0 Å². The first-order valence-electron chi connectivity index (χ1n) is 9.26. The van der Waals surface area contributed by atoms with Gasteiger partial charge in [0.25, 0.3) is 5.91 Å². The van der Waals surface area contributed by atoms with Crippen molar-refractivity contribution in [1.29, 1.82) is 0 Å². The molecule has 6 nitrogen and oxygen atoms in total. The Labute approximate surface area is 178 Å². The van der Waals surface area contributed by atoms with Crippen LogP contribution in [-0.4, -0.2) is 22.9 Å². The van der Waals surface area contributed by atoms with E-state index >= 15 is 0 Å². The first-order valence-corrected chi connectivity index (χ1v) is 10.0. The molecule has 0 heterocycles. The molecule has 1 fully saturated rings. The lowest BCUT2D eigenvalue weighted by Gasteiger charge is -2.27. The zero-order valence-electron chi connectivity index (χ0n) is 15.5. The second kappa shape index (κ2) is 9.29. The van der Waals surface area contributed by atoms with Gasteiger partial charge in [-0.15, -0.1) is 0 Å². The molecular formula is C21H20Cl2N2O4. The van der Waals surface area contributed by atoms with E-state index in [1.54, 1.807) is 36.4 Å². The molecule has 2 atom stereocenters. The van der Waals surface area contributed by atoms with Crippen molar-refractivity contribution in [3.8, 4) is 0 Å². The quantitative estimate of drug-likeness (QED) is 0.611. The normalized spacial score (nSPS) is 18.7. The van der Waals surface area contributed by atoms with E-state index in [4.69, 9.17) is 23.2 Å². The number of hydrogen-bond acceptors (Lipinski definition) is 3. The molecule has 0 aromatic heterocycles. The number of carbonyl (C=O) groups is 3. The summed E-state index contributed by atoms with van der Waals surface area (Å²) in [6, 6.07) is 11.3. The molecule has 3 rings (SSSR count). The fourth-order valence-electron chi connectivity index (χ4n) is 3.53. The van der Waals surface area contributed by atoms with E-state index in [2.05, 4.69) is 10.6 Å². The Kier molecular flexibility index (Phi) is 6.77. The van der Waals surface area contributed by atoms with E-state index in [1.807, 2.05) is 0 Å². The summed E-state index contributed by atoms with van der Waals surface area (Å²) in [5.74, 6) is -3.10. The third-order valence-electron chi connectivity index (χ3n) is 5.03. The second-order valence-electron chi connectivity index (χ2n) is 6.95. The van der Waals surface area contributed by atoms with Crippen LogP contribution in [0.3, 0.4) is 0 Å². The number of carbonyl (C=O) groups excluding carboxylic acids is 2. The van der Waals surface area contributed by atoms with E-state index in [1.165, 1.54) is 6.07 Å². The van der Waals surface area contributed by atoms with E-state index < -0.39 is 23.7 Å². The molecule has 1 aliphatic carbocycles. The standard InChI is InChI=1S/C21H20Cl2N2O4/c22-16-10-9-12(11-17(16)23)24-20(27)15-7-3-4-8-18(15)25-19(26)13-5-1-2-6-14(13)21(28)29/h3-4,7-11,13-14H,1-2,5-6H2,(H,24,27)(H,25,26)(H,28,29)/t13-,14-/m0/s1. The molecule has 8 heteroatoms. The van der Waals surface area contributed by atoms with E-state index in [0.717, 1.165) is 12.8 Å². The number of para-hydroxylation sites is 1. The third-order valence-corrected chi connectivity index (χ3v) is 5.77. The molecule has 1 saturated carbocycles. The summed E-state index contributed by atoms with van der Waals surface area (Å²) in [7, 11) is 0. The molecule has 0 unspecified atom stereocenters. The van der Waals surface area contributed by atoms with Gasteiger partial charge in [-0.05, 0) is 43.2 Å². The number of hydrogen-bond donors (Lipinski definition) is 3. The molecule has 0 saturated heterocycles. The van der Waals surface area contributed by atoms with Gasteiger partial charge < -0.3 is 15.7 Å². The fraction of sp³-hybridized carbons (Fsp3) is 0.286. The van der Waals surface area contributed by atoms with Crippen LogP contribution in [0.5, 0.6) is 0 Å². The number of carboxylic acid groups (broad SMARTS) is 1. The lowest BCUT2D eigenvalue weighted by Crippen LogP contribution is -2.36. The number of benzene rings is 2. The average molecular weight is 435 g/mol. The number of nitrogens with one attached hydrogen (secondary N) is 2. The van der Waals surface area contributed by atoms with Gasteiger partial charge in [0.1, 0.15) is 0 Å². The van der Waals surface area contributed by atoms with Crippen LogP contribution in [0.2, 0.25) is 10.0 Å². The zero-order valence-corrected chi connectivity index (χ0v) is 17.0. The van der Waals surface area contributed by atoms with Gasteiger partial charge in [-0.25, -0.2) is 0 Å². The molecular weight excluding hydrogens is 415 g/mol. The highest BCUT2D eigenvalue weighted by Gasteiger charge is 2.36. The molecule has 2 aromatic rings. The lowest BCUT2D eigenvalue weighted by atomic mass is 9.78. The molecule has 0 radical (unpaired) electrons. The van der Waals surface area contributed by atoms with Crippen LogP contribution < -0.4 is 10.6 Å². The minimum atomic E-state index is -0.963. The Hall–Kier alpha value is -2.57. The molecule has 2 aromatic carbocycles. The summed E-state index contributed by atoms with van der Waals surface area (Å²) in [5.41, 5.74) is 1.04. The monoisotopic (exact) mass is 434 g/mol. The average Bonchev–Trinajstić information content (AvgIpc) is 2.71. The van der Waals surface area contributed by atoms with Crippen LogP contribution in [0.25, 0.3) is 0 Å². The van der Waals surface area contributed by atoms with Gasteiger partial charge in [-0.3, -0.25) is 14.4 Å². The van der Waals surface area contributed by atoms with Gasteiger partial charge in [0.05, 0.1) is 33.1 Å². The molecule has 0 aliphatic heterocycles. The molecule has 2 amide bonds. The smallest absolute Gasteiger partial charge is 0.307 e. The molecule has 0 bridgehead atoms. The minimum Gasteiger partial charge on any atom is -0.481 e. The number of amides is 2. The summed E-state index contributed by atoms with van der Waals surface area (Å²) in [6.07, 6.45) is 2.60. The highest BCUT2D eigenvalue weighted by Crippen LogP contribution is 2.32. The molecule has 29 heavy (non-hydrogen) atoms. The van der Waals surface area contributed by atoms with Gasteiger partial charge in [0, 0.05) is 5.69 Å². The van der Waals surface area contributed by atoms with Crippen molar-refractivity contribution in [3.63, 3.8) is 0 Å². The summed E-state index contributed by atoms with van der Waals surface area (Å²) in [6.45, 7) is 0. The van der Waals surface area contributed by atoms with Crippen molar-refractivity contribution in [2.75, 3.05) is 10.6 Å². The predicted molar refractivity (Wildman–Crippen MR) is 113 cm³/mol. The predicted octanol–water partition coefficient (Wildman–Crippen LogP) is 5.08. The maximum absolute atomic E-state index is 12.8. The Morgan fingerprint density at radius 2 is 1.59 bits per heavy atom. The first kappa shape index (κ1) is 21.1. The summed E-state index contributed by atoms with van der Waals surface area (Å²) >= 11 is 11.9. The molecule has 3 N–H and O–H groups in total. The van der Waals surface area contributed by atoms with E-state index in [0.29, 0.717) is 34.3 Å². The highest BCUT2D eigenvalue weighted by molar-refractivity contribution is 6.42. The first-order chi connectivity index (χ1) is 13.9. The van der Waals surface area contributed by atoms with Gasteiger partial charge >= 0.3 is 5.97 Å². The summed E-state index contributed by atoms with van der Waals surface area (Å²) < 4.78 is 0. The van der Waals surface area contributed by atoms with Gasteiger partial charge in [-0.1, -0.05) is 48.2 Å². The Morgan fingerprint density at radius 3 is 2.28 bits per heavy atom. The Bertz CT molecular complexity index is 948. The Morgan fingerprint density at radius 1 is 0.897 bits per heavy atom. The van der Waals surface area contributed by atoms with E-state index in [9.17, 15) is 19.5 Å². The number of anilines is 2. The second-order valence-corrected chi connectivity index (χ2v) is 7.77. The number of halogens is 2. The minimum absolute atomic E-state index is 0.259. The van der Waals surface area contributed by atoms with Crippen LogP contribution in [-0.2, 0) is 9.59 Å². The van der Waals surface area contributed by atoms with Crippen molar-refractivity contribution < 1.29 is 19.5 Å². The van der Waals surface area contributed by atoms with Crippen LogP contribution in [0.15, 0.2) is 42.5 Å². The number of rotatable bonds is 5. The SMILES string of the molecule is O=C(Nc1ccc(Cl)c(Cl)c1)c1ccccc1NC(=O)[C@H]1CCCC[C@@H]1C(=O)O. The maximum Gasteiger partial charge on any atom is 0.307 e. The van der Waals surface area contributed by atoms with Crippen LogP contribution in [0, 0.1) is 11.8 Å². The van der Waals surface area contributed by atoms with Crippen molar-refractivity contribution >= 4 is 52.4 Å². The highest BCUT2D eigenvalue weighted by atomic mass is 35.5. The van der Waals surface area contributed by atoms with Crippen LogP contribution in [0.1, 0.15) is 36.0 Å². The topological polar surface area (TPSA) is 95.5 Å². The van der Waals surface area contributed by atoms with E-state index in [-0.39, 0.29) is 11.5 Å². The van der Waals surface area contributed by atoms with Crippen molar-refractivity contribution in [3.05, 3.63) is 58.1 Å². The third kappa shape index (κ3) is 5.08. The van der Waals surface area contributed by atoms with Crippen LogP contribution >= 0.6 is 23.2 Å². The number of aliphatic carboxylic acids is 1. The maximum atomic E-state index is 12.8. The number of carboxylic acids is 1. The fourth-order valence-corrected chi connectivity index (χ4v) is 3.83. The van der Waals surface area contributed by atoms with Crippen LogP contribution in [0.4, 0.5) is 11.4 Å². The molecule has 0 spiro atoms. The summed E-state index contributed by atoms with van der Waals surface area (Å²) in [5, 5.41) is 15.6. The van der Waals surface area contributed by atoms with Gasteiger partial charge in [0.2, 0.25) is 5.91 Å². The van der Waals surface area contributed by atoms with Crippen molar-refractivity contribution in [2.45, 2.75) is 25.7 Å². The largest absolute Gasteiger partial charge is 0.481 e. The molecule has 152 valence electrons.